The number of aliphatic hydroxyl groups is 1. The van der Waals surface area contributed by atoms with Crippen molar-refractivity contribution in [2.24, 2.45) is 5.92 Å². The van der Waals surface area contributed by atoms with E-state index in [0.29, 0.717) is 18.1 Å². The molecule has 0 radical (unpaired) electrons. The zero-order valence-corrected chi connectivity index (χ0v) is 13.2. The molecule has 5 nitrogen and oxygen atoms in total. The van der Waals surface area contributed by atoms with E-state index in [0.717, 1.165) is 45.1 Å². The lowest BCUT2D eigenvalue weighted by Gasteiger charge is -2.36. The van der Waals surface area contributed by atoms with Gasteiger partial charge < -0.3 is 19.2 Å². The second-order valence-electron chi connectivity index (χ2n) is 6.42. The smallest absolute Gasteiger partial charge is 0.289 e. The van der Waals surface area contributed by atoms with Crippen molar-refractivity contribution in [3.63, 3.8) is 0 Å². The first-order chi connectivity index (χ1) is 10.7. The van der Waals surface area contributed by atoms with Crippen molar-refractivity contribution in [3.05, 3.63) is 23.7 Å². The summed E-state index contributed by atoms with van der Waals surface area (Å²) in [7, 11) is 1.60. The number of hydrogen-bond donors (Lipinski definition) is 1. The first-order valence-corrected chi connectivity index (χ1v) is 8.27. The molecule has 1 aromatic heterocycles. The number of furan rings is 1. The molecule has 1 N–H and O–H groups in total. The van der Waals surface area contributed by atoms with Gasteiger partial charge in [-0.15, -0.1) is 0 Å². The van der Waals surface area contributed by atoms with E-state index in [9.17, 15) is 9.90 Å². The van der Waals surface area contributed by atoms with Gasteiger partial charge in [-0.2, -0.15) is 0 Å². The van der Waals surface area contributed by atoms with E-state index in [1.54, 1.807) is 19.2 Å². The predicted molar refractivity (Wildman–Crippen MR) is 81.4 cm³/mol. The van der Waals surface area contributed by atoms with E-state index >= 15 is 0 Å². The fourth-order valence-electron chi connectivity index (χ4n) is 3.93. The summed E-state index contributed by atoms with van der Waals surface area (Å²) in [6.45, 7) is 1.13. The van der Waals surface area contributed by atoms with Crippen LogP contribution in [0.1, 0.15) is 54.8 Å². The van der Waals surface area contributed by atoms with Crippen LogP contribution >= 0.6 is 0 Å². The molecule has 1 amide bonds. The average Bonchev–Trinajstić information content (AvgIpc) is 3.16. The van der Waals surface area contributed by atoms with E-state index in [1.165, 1.54) is 0 Å². The van der Waals surface area contributed by atoms with Crippen LogP contribution in [0, 0.1) is 5.92 Å². The second kappa shape index (κ2) is 6.84. The maximum atomic E-state index is 12.7. The molecule has 1 saturated heterocycles. The van der Waals surface area contributed by atoms with Crippen molar-refractivity contribution >= 4 is 5.91 Å². The molecule has 122 valence electrons. The SMILES string of the molecule is COCc1ccc(C(=O)N2CCC[C@@H]2[C@@H]2CCCC[C@@H]2O)o1. The number of hydrogen-bond acceptors (Lipinski definition) is 4. The minimum Gasteiger partial charge on any atom is -0.453 e. The predicted octanol–water partition coefficient (Wildman–Crippen LogP) is 2.58. The number of carbonyl (C=O) groups excluding carboxylic acids is 1. The molecule has 5 heteroatoms. The molecule has 1 saturated carbocycles. The number of nitrogens with zero attached hydrogens (tertiary/aromatic N) is 1. The Hall–Kier alpha value is -1.33. The van der Waals surface area contributed by atoms with Gasteiger partial charge in [0.15, 0.2) is 5.76 Å². The Morgan fingerprint density at radius 3 is 2.91 bits per heavy atom. The Bertz CT molecular complexity index is 513. The summed E-state index contributed by atoms with van der Waals surface area (Å²) in [5, 5.41) is 10.3. The zero-order chi connectivity index (χ0) is 15.5. The summed E-state index contributed by atoms with van der Waals surface area (Å²) >= 11 is 0. The molecule has 1 aliphatic carbocycles. The van der Waals surface area contributed by atoms with E-state index < -0.39 is 0 Å². The van der Waals surface area contributed by atoms with Gasteiger partial charge in [-0.1, -0.05) is 12.8 Å². The molecule has 0 unspecified atom stereocenters. The van der Waals surface area contributed by atoms with Crippen LogP contribution in [-0.2, 0) is 11.3 Å². The Labute approximate surface area is 131 Å². The summed E-state index contributed by atoms with van der Waals surface area (Å²) in [6.07, 6.45) is 5.85. The van der Waals surface area contributed by atoms with E-state index in [2.05, 4.69) is 0 Å². The lowest BCUT2D eigenvalue weighted by molar-refractivity contribution is 0.0198. The number of ether oxygens (including phenoxy) is 1. The van der Waals surface area contributed by atoms with Gasteiger partial charge in [-0.25, -0.2) is 0 Å². The van der Waals surface area contributed by atoms with E-state index in [4.69, 9.17) is 9.15 Å². The molecule has 2 heterocycles. The first kappa shape index (κ1) is 15.6. The van der Waals surface area contributed by atoms with Gasteiger partial charge in [-0.3, -0.25) is 4.79 Å². The Balaban J connectivity index is 1.72. The third-order valence-electron chi connectivity index (χ3n) is 4.99. The van der Waals surface area contributed by atoms with Gasteiger partial charge in [0.25, 0.3) is 5.91 Å². The highest BCUT2D eigenvalue weighted by Crippen LogP contribution is 2.35. The van der Waals surface area contributed by atoms with E-state index in [-0.39, 0.29) is 24.0 Å². The summed E-state index contributed by atoms with van der Waals surface area (Å²) in [4.78, 5) is 14.6. The minimum atomic E-state index is -0.271. The number of amides is 1. The fraction of sp³-hybridized carbons (Fsp3) is 0.706. The van der Waals surface area contributed by atoms with Crippen LogP contribution in [0.3, 0.4) is 0 Å². The minimum absolute atomic E-state index is 0.0531. The van der Waals surface area contributed by atoms with Crippen molar-refractivity contribution in [1.29, 1.82) is 0 Å². The summed E-state index contributed by atoms with van der Waals surface area (Å²) in [6, 6.07) is 3.67. The largest absolute Gasteiger partial charge is 0.453 e. The van der Waals surface area contributed by atoms with Crippen LogP contribution in [0.5, 0.6) is 0 Å². The van der Waals surface area contributed by atoms with E-state index in [1.807, 2.05) is 4.90 Å². The third-order valence-corrected chi connectivity index (χ3v) is 4.99. The monoisotopic (exact) mass is 307 g/mol. The number of carbonyl (C=O) groups is 1. The second-order valence-corrected chi connectivity index (χ2v) is 6.42. The molecule has 0 aromatic carbocycles. The van der Waals surface area contributed by atoms with Crippen LogP contribution in [-0.4, -0.2) is 41.7 Å². The fourth-order valence-corrected chi connectivity index (χ4v) is 3.93. The molecular weight excluding hydrogens is 282 g/mol. The quantitative estimate of drug-likeness (QED) is 0.928. The lowest BCUT2D eigenvalue weighted by atomic mass is 9.80. The Kier molecular flexibility index (Phi) is 4.84. The first-order valence-electron chi connectivity index (χ1n) is 8.27. The highest BCUT2D eigenvalue weighted by atomic mass is 16.5. The molecule has 3 atom stereocenters. The zero-order valence-electron chi connectivity index (χ0n) is 13.2. The molecule has 0 bridgehead atoms. The van der Waals surface area contributed by atoms with Crippen LogP contribution in [0.15, 0.2) is 16.5 Å². The molecule has 1 aromatic rings. The van der Waals surface area contributed by atoms with Crippen LogP contribution in [0.4, 0.5) is 0 Å². The van der Waals surface area contributed by atoms with Gasteiger partial charge in [-0.05, 0) is 37.8 Å². The van der Waals surface area contributed by atoms with Crippen molar-refractivity contribution in [2.45, 2.75) is 57.3 Å². The third kappa shape index (κ3) is 3.06. The van der Waals surface area contributed by atoms with Crippen LogP contribution in [0.25, 0.3) is 0 Å². The molecule has 0 spiro atoms. The van der Waals surface area contributed by atoms with Gasteiger partial charge in [0.1, 0.15) is 12.4 Å². The highest BCUT2D eigenvalue weighted by Gasteiger charge is 2.39. The van der Waals surface area contributed by atoms with Crippen molar-refractivity contribution in [3.8, 4) is 0 Å². The number of methoxy groups -OCH3 is 1. The maximum absolute atomic E-state index is 12.7. The summed E-state index contributed by atoms with van der Waals surface area (Å²) in [5.41, 5.74) is 0. The molecule has 2 aliphatic rings. The topological polar surface area (TPSA) is 62.9 Å². The number of aliphatic hydroxyl groups excluding tert-OH is 1. The van der Waals surface area contributed by atoms with Gasteiger partial charge >= 0.3 is 0 Å². The summed E-state index contributed by atoms with van der Waals surface area (Å²) < 4.78 is 10.6. The Morgan fingerprint density at radius 2 is 2.14 bits per heavy atom. The number of rotatable bonds is 4. The number of likely N-dealkylation sites (tertiary alicyclic amines) is 1. The van der Waals surface area contributed by atoms with Crippen molar-refractivity contribution in [1.82, 2.24) is 4.90 Å². The average molecular weight is 307 g/mol. The van der Waals surface area contributed by atoms with Crippen molar-refractivity contribution < 1.29 is 19.1 Å². The van der Waals surface area contributed by atoms with Gasteiger partial charge in [0.05, 0.1) is 6.10 Å². The maximum Gasteiger partial charge on any atom is 0.289 e. The summed E-state index contributed by atoms with van der Waals surface area (Å²) in [5.74, 6) is 1.21. The highest BCUT2D eigenvalue weighted by molar-refractivity contribution is 5.92. The molecule has 3 rings (SSSR count). The standard InChI is InChI=1S/C17H25NO4/c1-21-11-12-8-9-16(22-12)17(20)18-10-4-6-14(18)13-5-2-3-7-15(13)19/h8-9,13-15,19H,2-7,10-11H2,1H3/t13-,14+,15-/m0/s1. The van der Waals surface area contributed by atoms with Gasteiger partial charge in [0.2, 0.25) is 0 Å². The lowest BCUT2D eigenvalue weighted by Crippen LogP contribution is -2.45. The van der Waals surface area contributed by atoms with Crippen LogP contribution in [0.2, 0.25) is 0 Å². The molecule has 1 aliphatic heterocycles. The molecule has 2 fully saturated rings. The molecule has 22 heavy (non-hydrogen) atoms. The van der Waals surface area contributed by atoms with Crippen LogP contribution < -0.4 is 0 Å². The molecular formula is C17H25NO4. The van der Waals surface area contributed by atoms with Crippen molar-refractivity contribution in [2.75, 3.05) is 13.7 Å². The normalized spacial score (nSPS) is 29.0. The van der Waals surface area contributed by atoms with Gasteiger partial charge in [0, 0.05) is 25.6 Å². The Morgan fingerprint density at radius 1 is 1.32 bits per heavy atom.